The summed E-state index contributed by atoms with van der Waals surface area (Å²) in [5.41, 5.74) is 0.794. The molecule has 1 aromatic rings. The molecular formula is C13H19N3OS. The zero-order valence-corrected chi connectivity index (χ0v) is 11.7. The zero-order valence-electron chi connectivity index (χ0n) is 10.9. The van der Waals surface area contributed by atoms with Crippen molar-refractivity contribution >= 4 is 17.2 Å². The summed E-state index contributed by atoms with van der Waals surface area (Å²) in [6.07, 6.45) is 3.99. The molecule has 4 nitrogen and oxygen atoms in total. The van der Waals surface area contributed by atoms with Crippen LogP contribution in [0.25, 0.3) is 0 Å². The van der Waals surface area contributed by atoms with Crippen LogP contribution in [0.5, 0.6) is 0 Å². The van der Waals surface area contributed by atoms with Crippen molar-refractivity contribution in [2.45, 2.75) is 44.2 Å². The van der Waals surface area contributed by atoms with Crippen LogP contribution in [0, 0.1) is 6.92 Å². The van der Waals surface area contributed by atoms with Crippen LogP contribution >= 0.6 is 11.3 Å². The highest BCUT2D eigenvalue weighted by Gasteiger charge is 2.53. The van der Waals surface area contributed by atoms with Crippen LogP contribution in [0.3, 0.4) is 0 Å². The van der Waals surface area contributed by atoms with Gasteiger partial charge in [-0.05, 0) is 33.2 Å². The van der Waals surface area contributed by atoms with Gasteiger partial charge in [0.2, 0.25) is 5.91 Å². The molecule has 2 saturated heterocycles. The van der Waals surface area contributed by atoms with Crippen LogP contribution < -0.4 is 5.32 Å². The number of nitrogens with one attached hydrogen (secondary N) is 1. The predicted octanol–water partition coefficient (Wildman–Crippen LogP) is 1.65. The van der Waals surface area contributed by atoms with Gasteiger partial charge in [0.1, 0.15) is 5.01 Å². The maximum Gasteiger partial charge on any atom is 0.225 e. The molecule has 0 aromatic carbocycles. The fourth-order valence-corrected chi connectivity index (χ4v) is 4.39. The smallest absolute Gasteiger partial charge is 0.225 e. The lowest BCUT2D eigenvalue weighted by Crippen LogP contribution is -2.52. The number of carbonyl (C=O) groups is 1. The monoisotopic (exact) mass is 265 g/mol. The molecule has 1 amide bonds. The highest BCUT2D eigenvalue weighted by Crippen LogP contribution is 2.43. The van der Waals surface area contributed by atoms with Crippen LogP contribution in [0.1, 0.15) is 36.4 Å². The van der Waals surface area contributed by atoms with E-state index in [1.54, 1.807) is 11.3 Å². The van der Waals surface area contributed by atoms with Gasteiger partial charge in [-0.3, -0.25) is 4.79 Å². The van der Waals surface area contributed by atoms with Gasteiger partial charge in [0.25, 0.3) is 0 Å². The molecule has 1 aromatic heterocycles. The molecule has 0 bridgehead atoms. The van der Waals surface area contributed by atoms with E-state index >= 15 is 0 Å². The molecule has 3 rings (SSSR count). The van der Waals surface area contributed by atoms with Gasteiger partial charge in [-0.2, -0.15) is 0 Å². The van der Waals surface area contributed by atoms with Crippen LogP contribution in [0.2, 0.25) is 0 Å². The van der Waals surface area contributed by atoms with Gasteiger partial charge in [0, 0.05) is 17.6 Å². The molecular weight excluding hydrogens is 246 g/mol. The van der Waals surface area contributed by atoms with Gasteiger partial charge in [-0.25, -0.2) is 4.98 Å². The molecule has 2 atom stereocenters. The Labute approximate surface area is 111 Å². The first-order chi connectivity index (χ1) is 8.67. The molecule has 98 valence electrons. The van der Waals surface area contributed by atoms with Crippen molar-refractivity contribution in [3.05, 3.63) is 16.1 Å². The number of hydrogen-bond donors (Lipinski definition) is 1. The summed E-state index contributed by atoms with van der Waals surface area (Å²) < 4.78 is 0. The third kappa shape index (κ3) is 1.61. The first kappa shape index (κ1) is 12.1. The molecule has 1 N–H and O–H groups in total. The van der Waals surface area contributed by atoms with Crippen LogP contribution in [-0.4, -0.2) is 35.4 Å². The minimum atomic E-state index is -0.254. The minimum absolute atomic E-state index is 0.254. The fraction of sp³-hybridized carbons (Fsp3) is 0.692. The van der Waals surface area contributed by atoms with Gasteiger partial charge in [-0.1, -0.05) is 0 Å². The second kappa shape index (κ2) is 4.31. The Morgan fingerprint density at radius 2 is 2.39 bits per heavy atom. The Balaban J connectivity index is 2.03. The number of piperidine rings is 1. The zero-order chi connectivity index (χ0) is 12.8. The van der Waals surface area contributed by atoms with Crippen molar-refractivity contribution in [1.82, 2.24) is 15.2 Å². The molecule has 0 spiro atoms. The van der Waals surface area contributed by atoms with E-state index in [-0.39, 0.29) is 17.5 Å². The number of nitrogens with zero attached hydrogens (tertiary/aromatic N) is 2. The summed E-state index contributed by atoms with van der Waals surface area (Å²) in [6.45, 7) is 2.93. The van der Waals surface area contributed by atoms with Crippen molar-refractivity contribution in [2.24, 2.45) is 0 Å². The van der Waals surface area contributed by atoms with E-state index in [9.17, 15) is 4.79 Å². The van der Waals surface area contributed by atoms with Crippen molar-refractivity contribution in [1.29, 1.82) is 0 Å². The second-order valence-corrected chi connectivity index (χ2v) is 6.15. The lowest BCUT2D eigenvalue weighted by Gasteiger charge is -2.39. The second-order valence-electron chi connectivity index (χ2n) is 5.29. The van der Waals surface area contributed by atoms with E-state index in [0.29, 0.717) is 6.42 Å². The highest BCUT2D eigenvalue weighted by molar-refractivity contribution is 7.09. The number of aryl methyl sites for hydroxylation is 1. The van der Waals surface area contributed by atoms with E-state index < -0.39 is 0 Å². The summed E-state index contributed by atoms with van der Waals surface area (Å²) in [7, 11) is 1.96. The first-order valence-corrected chi connectivity index (χ1v) is 7.46. The number of fused-ring (bicyclic) bond motifs is 1. The SMILES string of the molecule is CNC1(c2nc(C)cs2)CC(=O)N2CCCCC21. The van der Waals surface area contributed by atoms with Gasteiger partial charge in [-0.15, -0.1) is 11.3 Å². The van der Waals surface area contributed by atoms with Crippen molar-refractivity contribution < 1.29 is 4.79 Å². The summed E-state index contributed by atoms with van der Waals surface area (Å²) in [6, 6.07) is 0.286. The molecule has 0 radical (unpaired) electrons. The topological polar surface area (TPSA) is 45.2 Å². The predicted molar refractivity (Wildman–Crippen MR) is 71.6 cm³/mol. The van der Waals surface area contributed by atoms with Crippen LogP contribution in [0.4, 0.5) is 0 Å². The number of hydrogen-bond acceptors (Lipinski definition) is 4. The Kier molecular flexibility index (Phi) is 2.90. The van der Waals surface area contributed by atoms with Crippen molar-refractivity contribution in [3.63, 3.8) is 0 Å². The maximum absolute atomic E-state index is 12.2. The Hall–Kier alpha value is -0.940. The quantitative estimate of drug-likeness (QED) is 0.884. The molecule has 3 heterocycles. The Morgan fingerprint density at radius 3 is 3.06 bits per heavy atom. The standard InChI is InChI=1S/C13H19N3OS/c1-9-8-18-12(15-9)13(14-2)7-11(17)16-6-4-3-5-10(13)16/h8,10,14H,3-7H2,1-2H3. The molecule has 2 unspecified atom stereocenters. The Bertz CT molecular complexity index is 473. The maximum atomic E-state index is 12.2. The normalized spacial score (nSPS) is 31.8. The average Bonchev–Trinajstić information content (AvgIpc) is 2.94. The van der Waals surface area contributed by atoms with Crippen molar-refractivity contribution in [3.8, 4) is 0 Å². The van der Waals surface area contributed by atoms with Crippen molar-refractivity contribution in [2.75, 3.05) is 13.6 Å². The first-order valence-electron chi connectivity index (χ1n) is 6.58. The third-order valence-corrected chi connectivity index (χ3v) is 5.41. The molecule has 0 aliphatic carbocycles. The number of rotatable bonds is 2. The van der Waals surface area contributed by atoms with E-state index in [0.717, 1.165) is 30.1 Å². The fourth-order valence-electron chi connectivity index (χ4n) is 3.34. The number of amides is 1. The average molecular weight is 265 g/mol. The van der Waals surface area contributed by atoms with Gasteiger partial charge < -0.3 is 10.2 Å². The highest BCUT2D eigenvalue weighted by atomic mass is 32.1. The Morgan fingerprint density at radius 1 is 1.56 bits per heavy atom. The van der Waals surface area contributed by atoms with Crippen LogP contribution in [-0.2, 0) is 10.3 Å². The molecule has 5 heteroatoms. The molecule has 18 heavy (non-hydrogen) atoms. The molecule has 2 aliphatic rings. The van der Waals surface area contributed by atoms with Gasteiger partial charge in [0.05, 0.1) is 18.0 Å². The number of aromatic nitrogens is 1. The van der Waals surface area contributed by atoms with Gasteiger partial charge >= 0.3 is 0 Å². The summed E-state index contributed by atoms with van der Waals surface area (Å²) >= 11 is 1.68. The van der Waals surface area contributed by atoms with E-state index in [1.807, 2.05) is 14.0 Å². The van der Waals surface area contributed by atoms with E-state index in [2.05, 4.69) is 20.6 Å². The molecule has 0 saturated carbocycles. The minimum Gasteiger partial charge on any atom is -0.337 e. The largest absolute Gasteiger partial charge is 0.337 e. The summed E-state index contributed by atoms with van der Waals surface area (Å²) in [4.78, 5) is 18.9. The molecule has 2 fully saturated rings. The number of carbonyl (C=O) groups excluding carboxylic acids is 1. The number of likely N-dealkylation sites (N-methyl/N-ethyl adjacent to an activating group) is 1. The number of thiazole rings is 1. The summed E-state index contributed by atoms with van der Waals surface area (Å²) in [5, 5.41) is 6.57. The third-order valence-electron chi connectivity index (χ3n) is 4.27. The van der Waals surface area contributed by atoms with Gasteiger partial charge in [0.15, 0.2) is 0 Å². The van der Waals surface area contributed by atoms with E-state index in [1.165, 1.54) is 6.42 Å². The van der Waals surface area contributed by atoms with Crippen LogP contribution in [0.15, 0.2) is 5.38 Å². The lowest BCUT2D eigenvalue weighted by atomic mass is 9.86. The molecule has 2 aliphatic heterocycles. The summed E-state index contributed by atoms with van der Waals surface area (Å²) in [5.74, 6) is 0.280. The van der Waals surface area contributed by atoms with E-state index in [4.69, 9.17) is 0 Å². The lowest BCUT2D eigenvalue weighted by molar-refractivity contribution is -0.129.